The van der Waals surface area contributed by atoms with Crippen LogP contribution >= 0.6 is 0 Å². The van der Waals surface area contributed by atoms with Crippen LogP contribution in [0.1, 0.15) is 32.4 Å². The first kappa shape index (κ1) is 11.8. The van der Waals surface area contributed by atoms with Crippen molar-refractivity contribution in [1.82, 2.24) is 4.90 Å². The van der Waals surface area contributed by atoms with Crippen LogP contribution in [-0.2, 0) is 9.59 Å². The predicted molar refractivity (Wildman–Crippen MR) is 65.3 cm³/mol. The molecule has 0 spiro atoms. The van der Waals surface area contributed by atoms with E-state index in [2.05, 4.69) is 0 Å². The number of rotatable bonds is 3. The molecule has 0 aliphatic carbocycles. The number of hydrogen-bond donors (Lipinski definition) is 0. The van der Waals surface area contributed by atoms with Crippen molar-refractivity contribution in [2.75, 3.05) is 0 Å². The van der Waals surface area contributed by atoms with E-state index in [9.17, 15) is 9.59 Å². The van der Waals surface area contributed by atoms with E-state index in [1.807, 2.05) is 44.2 Å². The number of Topliss-reactive ketones (excluding diaryl/α,β-unsaturated/α-hetero) is 1. The number of hydrogen-bond acceptors (Lipinski definition) is 2. The van der Waals surface area contributed by atoms with Gasteiger partial charge in [0, 0.05) is 6.04 Å². The number of carbonyl (C=O) groups excluding carboxylic acids is 2. The average molecular weight is 231 g/mol. The van der Waals surface area contributed by atoms with Crippen molar-refractivity contribution in [1.29, 1.82) is 0 Å². The van der Waals surface area contributed by atoms with Crippen molar-refractivity contribution in [3.63, 3.8) is 0 Å². The maximum absolute atomic E-state index is 11.9. The summed E-state index contributed by atoms with van der Waals surface area (Å²) in [5.74, 6) is -0.568. The molecule has 1 aromatic rings. The summed E-state index contributed by atoms with van der Waals surface area (Å²) in [6, 6.07) is 9.81. The Bertz CT molecular complexity index is 439. The maximum Gasteiger partial charge on any atom is 0.236 e. The van der Waals surface area contributed by atoms with Crippen molar-refractivity contribution in [2.24, 2.45) is 5.92 Å². The SMILES string of the molecule is CC(=O)C1C(=O)N(C(C)C)C1c1ccccc1. The number of benzene rings is 1. The lowest BCUT2D eigenvalue weighted by molar-refractivity contribution is -0.164. The highest BCUT2D eigenvalue weighted by Gasteiger charge is 2.51. The summed E-state index contributed by atoms with van der Waals surface area (Å²) >= 11 is 0. The van der Waals surface area contributed by atoms with E-state index < -0.39 is 5.92 Å². The second-order valence-corrected chi connectivity index (χ2v) is 4.78. The van der Waals surface area contributed by atoms with Crippen molar-refractivity contribution in [3.05, 3.63) is 35.9 Å². The zero-order valence-electron chi connectivity index (χ0n) is 10.4. The highest BCUT2D eigenvalue weighted by Crippen LogP contribution is 2.41. The van der Waals surface area contributed by atoms with Gasteiger partial charge in [-0.2, -0.15) is 0 Å². The van der Waals surface area contributed by atoms with Crippen LogP contribution in [0.15, 0.2) is 30.3 Å². The topological polar surface area (TPSA) is 37.4 Å². The molecule has 0 aromatic heterocycles. The van der Waals surface area contributed by atoms with Crippen molar-refractivity contribution in [2.45, 2.75) is 32.9 Å². The summed E-state index contributed by atoms with van der Waals surface area (Å²) in [5.41, 5.74) is 1.04. The lowest BCUT2D eigenvalue weighted by atomic mass is 9.79. The summed E-state index contributed by atoms with van der Waals surface area (Å²) in [7, 11) is 0. The summed E-state index contributed by atoms with van der Waals surface area (Å²) in [6.07, 6.45) is 0. The monoisotopic (exact) mass is 231 g/mol. The third-order valence-corrected chi connectivity index (χ3v) is 3.27. The second kappa shape index (κ2) is 4.32. The molecule has 1 amide bonds. The molecule has 2 atom stereocenters. The Kier molecular flexibility index (Phi) is 3.01. The van der Waals surface area contributed by atoms with Gasteiger partial charge in [0.15, 0.2) is 0 Å². The molecule has 0 saturated carbocycles. The lowest BCUT2D eigenvalue weighted by Crippen LogP contribution is -2.59. The number of carbonyl (C=O) groups is 2. The van der Waals surface area contributed by atoms with Crippen molar-refractivity contribution < 1.29 is 9.59 Å². The number of amides is 1. The molecular formula is C14H17NO2. The van der Waals surface area contributed by atoms with Gasteiger partial charge in [0.1, 0.15) is 11.7 Å². The van der Waals surface area contributed by atoms with Gasteiger partial charge in [0.05, 0.1) is 6.04 Å². The van der Waals surface area contributed by atoms with E-state index >= 15 is 0 Å². The number of ketones is 1. The average Bonchev–Trinajstić information content (AvgIpc) is 2.25. The van der Waals surface area contributed by atoms with E-state index in [0.717, 1.165) is 5.56 Å². The van der Waals surface area contributed by atoms with Crippen LogP contribution < -0.4 is 0 Å². The fraction of sp³-hybridized carbons (Fsp3) is 0.429. The van der Waals surface area contributed by atoms with Gasteiger partial charge in [0.25, 0.3) is 0 Å². The van der Waals surface area contributed by atoms with E-state index in [1.54, 1.807) is 4.90 Å². The molecule has 0 N–H and O–H groups in total. The molecule has 1 aliphatic rings. The molecule has 0 bridgehead atoms. The minimum Gasteiger partial charge on any atom is -0.331 e. The molecule has 3 heteroatoms. The zero-order valence-corrected chi connectivity index (χ0v) is 10.4. The van der Waals surface area contributed by atoms with Gasteiger partial charge < -0.3 is 4.90 Å². The number of nitrogens with zero attached hydrogens (tertiary/aromatic N) is 1. The molecule has 3 nitrogen and oxygen atoms in total. The third kappa shape index (κ3) is 1.86. The summed E-state index contributed by atoms with van der Waals surface area (Å²) in [4.78, 5) is 25.3. The standard InChI is InChI=1S/C14H17NO2/c1-9(2)15-13(11-7-5-4-6-8-11)12(10(3)16)14(15)17/h4-9,12-13H,1-3H3. The fourth-order valence-corrected chi connectivity index (χ4v) is 2.49. The fourth-order valence-electron chi connectivity index (χ4n) is 2.49. The molecule has 0 radical (unpaired) electrons. The highest BCUT2D eigenvalue weighted by atomic mass is 16.2. The Morgan fingerprint density at radius 1 is 1.24 bits per heavy atom. The quantitative estimate of drug-likeness (QED) is 0.590. The first-order valence-corrected chi connectivity index (χ1v) is 5.91. The molecule has 1 aliphatic heterocycles. The summed E-state index contributed by atoms with van der Waals surface area (Å²) in [6.45, 7) is 5.45. The summed E-state index contributed by atoms with van der Waals surface area (Å²) < 4.78 is 0. The molecule has 2 rings (SSSR count). The Labute approximate surface area is 101 Å². The smallest absolute Gasteiger partial charge is 0.236 e. The highest BCUT2D eigenvalue weighted by molar-refractivity contribution is 6.05. The van der Waals surface area contributed by atoms with E-state index in [0.29, 0.717) is 0 Å². The first-order valence-electron chi connectivity index (χ1n) is 5.91. The second-order valence-electron chi connectivity index (χ2n) is 4.78. The van der Waals surface area contributed by atoms with Gasteiger partial charge in [-0.05, 0) is 26.3 Å². The van der Waals surface area contributed by atoms with Crippen LogP contribution in [0, 0.1) is 5.92 Å². The van der Waals surface area contributed by atoms with Crippen LogP contribution in [0.3, 0.4) is 0 Å². The van der Waals surface area contributed by atoms with E-state index in [1.165, 1.54) is 6.92 Å². The molecule has 1 heterocycles. The molecule has 1 fully saturated rings. The number of likely N-dealkylation sites (tertiary alicyclic amines) is 1. The lowest BCUT2D eigenvalue weighted by Gasteiger charge is -2.48. The Balaban J connectivity index is 2.34. The Morgan fingerprint density at radius 2 is 1.82 bits per heavy atom. The van der Waals surface area contributed by atoms with Gasteiger partial charge >= 0.3 is 0 Å². The molecular weight excluding hydrogens is 214 g/mol. The normalized spacial score (nSPS) is 23.8. The molecule has 17 heavy (non-hydrogen) atoms. The largest absolute Gasteiger partial charge is 0.331 e. The van der Waals surface area contributed by atoms with Crippen LogP contribution in [0.5, 0.6) is 0 Å². The molecule has 90 valence electrons. The first-order chi connectivity index (χ1) is 8.04. The minimum atomic E-state index is -0.486. The minimum absolute atomic E-state index is 0.0404. The van der Waals surface area contributed by atoms with Crippen molar-refractivity contribution >= 4 is 11.7 Å². The van der Waals surface area contributed by atoms with E-state index in [4.69, 9.17) is 0 Å². The zero-order chi connectivity index (χ0) is 12.6. The van der Waals surface area contributed by atoms with E-state index in [-0.39, 0.29) is 23.8 Å². The van der Waals surface area contributed by atoms with Crippen molar-refractivity contribution in [3.8, 4) is 0 Å². The molecule has 1 saturated heterocycles. The van der Waals surface area contributed by atoms with Crippen LogP contribution in [-0.4, -0.2) is 22.6 Å². The molecule has 1 aromatic carbocycles. The Hall–Kier alpha value is -1.64. The Morgan fingerprint density at radius 3 is 2.29 bits per heavy atom. The van der Waals surface area contributed by atoms with Crippen LogP contribution in [0.2, 0.25) is 0 Å². The summed E-state index contributed by atoms with van der Waals surface area (Å²) in [5, 5.41) is 0. The maximum atomic E-state index is 11.9. The number of β-lactam (4-membered cyclic amide) rings is 1. The van der Waals surface area contributed by atoms with Gasteiger partial charge in [-0.1, -0.05) is 30.3 Å². The van der Waals surface area contributed by atoms with Crippen LogP contribution in [0.25, 0.3) is 0 Å². The van der Waals surface area contributed by atoms with Gasteiger partial charge in [-0.25, -0.2) is 0 Å². The predicted octanol–water partition coefficient (Wildman–Crippen LogP) is 2.18. The third-order valence-electron chi connectivity index (χ3n) is 3.27. The van der Waals surface area contributed by atoms with Gasteiger partial charge in [-0.15, -0.1) is 0 Å². The molecule has 2 unspecified atom stereocenters. The van der Waals surface area contributed by atoms with Crippen LogP contribution in [0.4, 0.5) is 0 Å². The van der Waals surface area contributed by atoms with Gasteiger partial charge in [0.2, 0.25) is 5.91 Å². The van der Waals surface area contributed by atoms with Gasteiger partial charge in [-0.3, -0.25) is 9.59 Å².